The van der Waals surface area contributed by atoms with Crippen LogP contribution in [0.2, 0.25) is 5.02 Å². The number of hydrogen-bond acceptors (Lipinski definition) is 3. The topological polar surface area (TPSA) is 50.9 Å². The molecule has 0 saturated carbocycles. The van der Waals surface area contributed by atoms with Gasteiger partial charge in [-0.15, -0.1) is 0 Å². The first-order valence-corrected chi connectivity index (χ1v) is 6.78. The molecular formula is C14H18ClN3O. The smallest absolute Gasteiger partial charge is 0.137 e. The van der Waals surface area contributed by atoms with E-state index in [2.05, 4.69) is 10.1 Å². The number of hydrogen-bond donors (Lipinski definition) is 1. The quantitative estimate of drug-likeness (QED) is 0.884. The lowest BCUT2D eigenvalue weighted by molar-refractivity contribution is 0.00750. The monoisotopic (exact) mass is 279 g/mol. The van der Waals surface area contributed by atoms with Gasteiger partial charge in [0.15, 0.2) is 0 Å². The SMILES string of the molecule is CCC(O)(CCc1ccc(Cl)cc1)Cn1cncn1. The minimum atomic E-state index is -0.757. The van der Waals surface area contributed by atoms with Crippen LogP contribution in [0, 0.1) is 0 Å². The van der Waals surface area contributed by atoms with Crippen LogP contribution in [-0.2, 0) is 13.0 Å². The molecule has 1 atom stereocenters. The third-order valence-corrected chi connectivity index (χ3v) is 3.63. The molecule has 5 heteroatoms. The average Bonchev–Trinajstić information content (AvgIpc) is 2.91. The van der Waals surface area contributed by atoms with Crippen LogP contribution in [0.3, 0.4) is 0 Å². The number of halogens is 1. The van der Waals surface area contributed by atoms with Crippen molar-refractivity contribution in [3.63, 3.8) is 0 Å². The van der Waals surface area contributed by atoms with Gasteiger partial charge in [-0.25, -0.2) is 4.98 Å². The minimum absolute atomic E-state index is 0.469. The van der Waals surface area contributed by atoms with E-state index in [1.54, 1.807) is 11.0 Å². The van der Waals surface area contributed by atoms with Crippen LogP contribution >= 0.6 is 11.6 Å². The molecule has 102 valence electrons. The van der Waals surface area contributed by atoms with Crippen molar-refractivity contribution in [1.82, 2.24) is 14.8 Å². The lowest BCUT2D eigenvalue weighted by Crippen LogP contribution is -2.34. The Bertz CT molecular complexity index is 498. The lowest BCUT2D eigenvalue weighted by Gasteiger charge is -2.26. The van der Waals surface area contributed by atoms with Crippen LogP contribution in [0.25, 0.3) is 0 Å². The molecule has 0 amide bonds. The summed E-state index contributed by atoms with van der Waals surface area (Å²) in [6.07, 6.45) is 5.29. The van der Waals surface area contributed by atoms with Crippen LogP contribution < -0.4 is 0 Å². The van der Waals surface area contributed by atoms with Crippen molar-refractivity contribution >= 4 is 11.6 Å². The van der Waals surface area contributed by atoms with Gasteiger partial charge in [0, 0.05) is 5.02 Å². The van der Waals surface area contributed by atoms with Gasteiger partial charge in [0.1, 0.15) is 12.7 Å². The number of benzene rings is 1. The molecule has 2 rings (SSSR count). The predicted molar refractivity (Wildman–Crippen MR) is 75.0 cm³/mol. The summed E-state index contributed by atoms with van der Waals surface area (Å²) >= 11 is 5.86. The Balaban J connectivity index is 1.96. The maximum absolute atomic E-state index is 10.6. The van der Waals surface area contributed by atoms with E-state index in [1.807, 2.05) is 31.2 Å². The predicted octanol–water partition coefficient (Wildman–Crippen LogP) is 2.71. The number of aliphatic hydroxyl groups is 1. The van der Waals surface area contributed by atoms with E-state index >= 15 is 0 Å². The van der Waals surface area contributed by atoms with Crippen LogP contribution in [-0.4, -0.2) is 25.5 Å². The molecule has 1 N–H and O–H groups in total. The Labute approximate surface area is 118 Å². The first kappa shape index (κ1) is 14.0. The highest BCUT2D eigenvalue weighted by Gasteiger charge is 2.25. The second kappa shape index (κ2) is 6.17. The third-order valence-electron chi connectivity index (χ3n) is 3.37. The molecule has 1 unspecified atom stereocenters. The number of aromatic nitrogens is 3. The zero-order chi connectivity index (χ0) is 13.7. The third kappa shape index (κ3) is 4.04. The van der Waals surface area contributed by atoms with Crippen LogP contribution in [0.4, 0.5) is 0 Å². The molecule has 4 nitrogen and oxygen atoms in total. The van der Waals surface area contributed by atoms with E-state index in [-0.39, 0.29) is 0 Å². The van der Waals surface area contributed by atoms with Gasteiger partial charge in [0.05, 0.1) is 12.1 Å². The zero-order valence-corrected chi connectivity index (χ0v) is 11.7. The van der Waals surface area contributed by atoms with E-state index < -0.39 is 5.60 Å². The normalized spacial score (nSPS) is 14.3. The Hall–Kier alpha value is -1.39. The van der Waals surface area contributed by atoms with Crippen molar-refractivity contribution in [3.8, 4) is 0 Å². The van der Waals surface area contributed by atoms with E-state index in [4.69, 9.17) is 11.6 Å². The Morgan fingerprint density at radius 3 is 2.63 bits per heavy atom. The summed E-state index contributed by atoms with van der Waals surface area (Å²) < 4.78 is 1.67. The van der Waals surface area contributed by atoms with Crippen molar-refractivity contribution in [2.24, 2.45) is 0 Å². The molecule has 1 heterocycles. The summed E-state index contributed by atoms with van der Waals surface area (Å²) in [4.78, 5) is 3.89. The van der Waals surface area contributed by atoms with Gasteiger partial charge in [0.2, 0.25) is 0 Å². The summed E-state index contributed by atoms with van der Waals surface area (Å²) in [5.41, 5.74) is 0.419. The van der Waals surface area contributed by atoms with E-state index in [0.717, 1.165) is 11.4 Å². The molecule has 1 aromatic carbocycles. The highest BCUT2D eigenvalue weighted by molar-refractivity contribution is 6.30. The first-order valence-electron chi connectivity index (χ1n) is 6.40. The minimum Gasteiger partial charge on any atom is -0.388 e. The molecule has 0 bridgehead atoms. The standard InChI is InChI=1S/C14H18ClN3O/c1-2-14(19,9-18-11-16-10-17-18)8-7-12-3-5-13(15)6-4-12/h3-6,10-11,19H,2,7-9H2,1H3. The summed E-state index contributed by atoms with van der Waals surface area (Å²) in [5, 5.41) is 15.4. The van der Waals surface area contributed by atoms with Crippen molar-refractivity contribution in [2.45, 2.75) is 38.3 Å². The van der Waals surface area contributed by atoms with Crippen molar-refractivity contribution in [3.05, 3.63) is 47.5 Å². The highest BCUT2D eigenvalue weighted by atomic mass is 35.5. The van der Waals surface area contributed by atoms with Gasteiger partial charge in [-0.1, -0.05) is 30.7 Å². The number of nitrogens with zero attached hydrogens (tertiary/aromatic N) is 3. The summed E-state index contributed by atoms with van der Waals surface area (Å²) in [6.45, 7) is 2.45. The zero-order valence-electron chi connectivity index (χ0n) is 11.0. The highest BCUT2D eigenvalue weighted by Crippen LogP contribution is 2.21. The van der Waals surface area contributed by atoms with Gasteiger partial charge >= 0.3 is 0 Å². The fourth-order valence-corrected chi connectivity index (χ4v) is 2.14. The number of rotatable bonds is 6. The Morgan fingerprint density at radius 1 is 1.32 bits per heavy atom. The van der Waals surface area contributed by atoms with Gasteiger partial charge in [0.25, 0.3) is 0 Å². The molecule has 2 aromatic rings. The summed E-state index contributed by atoms with van der Waals surface area (Å²) in [5.74, 6) is 0. The summed E-state index contributed by atoms with van der Waals surface area (Å²) in [7, 11) is 0. The Morgan fingerprint density at radius 2 is 2.05 bits per heavy atom. The molecule has 0 aliphatic rings. The second-order valence-corrected chi connectivity index (χ2v) is 5.23. The summed E-state index contributed by atoms with van der Waals surface area (Å²) in [6, 6.07) is 7.74. The molecule has 0 aliphatic heterocycles. The molecule has 1 aromatic heterocycles. The van der Waals surface area contributed by atoms with Gasteiger partial charge in [-0.05, 0) is 37.0 Å². The first-order chi connectivity index (χ1) is 9.11. The van der Waals surface area contributed by atoms with Gasteiger partial charge in [-0.3, -0.25) is 4.68 Å². The van der Waals surface area contributed by atoms with Crippen molar-refractivity contribution in [1.29, 1.82) is 0 Å². The van der Waals surface area contributed by atoms with Crippen LogP contribution in [0.1, 0.15) is 25.3 Å². The Kier molecular flexibility index (Phi) is 4.56. The molecule has 0 aliphatic carbocycles. The van der Waals surface area contributed by atoms with E-state index in [1.165, 1.54) is 11.9 Å². The lowest BCUT2D eigenvalue weighted by atomic mass is 9.92. The largest absolute Gasteiger partial charge is 0.388 e. The number of aryl methyl sites for hydroxylation is 1. The molecule has 19 heavy (non-hydrogen) atoms. The average molecular weight is 280 g/mol. The second-order valence-electron chi connectivity index (χ2n) is 4.80. The maximum Gasteiger partial charge on any atom is 0.137 e. The molecular weight excluding hydrogens is 262 g/mol. The molecule has 0 saturated heterocycles. The maximum atomic E-state index is 10.6. The van der Waals surface area contributed by atoms with Gasteiger partial charge in [-0.2, -0.15) is 5.10 Å². The van der Waals surface area contributed by atoms with Crippen LogP contribution in [0.5, 0.6) is 0 Å². The van der Waals surface area contributed by atoms with Crippen molar-refractivity contribution in [2.75, 3.05) is 0 Å². The molecule has 0 spiro atoms. The molecule has 0 fully saturated rings. The van der Waals surface area contributed by atoms with E-state index in [0.29, 0.717) is 19.4 Å². The molecule has 0 radical (unpaired) electrons. The van der Waals surface area contributed by atoms with E-state index in [9.17, 15) is 5.11 Å². The van der Waals surface area contributed by atoms with Gasteiger partial charge < -0.3 is 5.11 Å². The van der Waals surface area contributed by atoms with Crippen molar-refractivity contribution < 1.29 is 5.11 Å². The fraction of sp³-hybridized carbons (Fsp3) is 0.429. The van der Waals surface area contributed by atoms with Crippen LogP contribution in [0.15, 0.2) is 36.9 Å². The fourth-order valence-electron chi connectivity index (χ4n) is 2.01.